The van der Waals surface area contributed by atoms with Gasteiger partial charge in [0.05, 0.1) is 13.2 Å². The Balaban J connectivity index is 2.31. The number of nitrogens with zero attached hydrogens (tertiary/aromatic N) is 1. The van der Waals surface area contributed by atoms with E-state index >= 15 is 0 Å². The summed E-state index contributed by atoms with van der Waals surface area (Å²) in [5.41, 5.74) is 0. The highest BCUT2D eigenvalue weighted by molar-refractivity contribution is 5.82. The molecule has 0 amide bonds. The van der Waals surface area contributed by atoms with Crippen LogP contribution >= 0.6 is 0 Å². The molecular formula is C11H21NO2. The molecule has 2 unspecified atom stereocenters. The Kier molecular flexibility index (Phi) is 4.55. The van der Waals surface area contributed by atoms with Gasteiger partial charge in [0.15, 0.2) is 0 Å². The van der Waals surface area contributed by atoms with Gasteiger partial charge in [-0.05, 0) is 19.9 Å². The number of hydrogen-bond donors (Lipinski definition) is 0. The molecule has 14 heavy (non-hydrogen) atoms. The highest BCUT2D eigenvalue weighted by Crippen LogP contribution is 2.12. The van der Waals surface area contributed by atoms with E-state index in [1.807, 2.05) is 14.0 Å². The third-order valence-corrected chi connectivity index (χ3v) is 3.10. The van der Waals surface area contributed by atoms with E-state index in [0.29, 0.717) is 18.4 Å². The van der Waals surface area contributed by atoms with Crippen LogP contribution in [-0.2, 0) is 9.53 Å². The Hall–Kier alpha value is -0.410. The van der Waals surface area contributed by atoms with E-state index in [0.717, 1.165) is 26.1 Å². The van der Waals surface area contributed by atoms with Crippen molar-refractivity contribution in [2.45, 2.75) is 32.7 Å². The summed E-state index contributed by atoms with van der Waals surface area (Å²) in [4.78, 5) is 13.8. The van der Waals surface area contributed by atoms with Gasteiger partial charge in [-0.2, -0.15) is 0 Å². The third kappa shape index (κ3) is 3.07. The van der Waals surface area contributed by atoms with Gasteiger partial charge >= 0.3 is 0 Å². The fraction of sp³-hybridized carbons (Fsp3) is 0.909. The van der Waals surface area contributed by atoms with Crippen LogP contribution in [0.4, 0.5) is 0 Å². The maximum atomic E-state index is 11.7. The molecule has 1 fully saturated rings. The molecule has 0 aliphatic carbocycles. The van der Waals surface area contributed by atoms with E-state index in [9.17, 15) is 4.79 Å². The molecule has 3 nitrogen and oxygen atoms in total. The highest BCUT2D eigenvalue weighted by atomic mass is 16.5. The standard InChI is InChI=1S/C11H21NO2/c1-4-9(2)11(13)7-12(3)10-5-6-14-8-10/h9-10H,4-8H2,1-3H3. The van der Waals surface area contributed by atoms with Crippen LogP contribution in [0.15, 0.2) is 0 Å². The Morgan fingerprint density at radius 1 is 1.64 bits per heavy atom. The lowest BCUT2D eigenvalue weighted by Crippen LogP contribution is -2.37. The molecule has 82 valence electrons. The van der Waals surface area contributed by atoms with Crippen molar-refractivity contribution in [1.82, 2.24) is 4.90 Å². The van der Waals surface area contributed by atoms with Gasteiger partial charge in [0.1, 0.15) is 5.78 Å². The molecule has 0 aromatic heterocycles. The van der Waals surface area contributed by atoms with E-state index in [2.05, 4.69) is 11.8 Å². The lowest BCUT2D eigenvalue weighted by atomic mass is 10.0. The largest absolute Gasteiger partial charge is 0.380 e. The van der Waals surface area contributed by atoms with Crippen molar-refractivity contribution >= 4 is 5.78 Å². The summed E-state index contributed by atoms with van der Waals surface area (Å²) in [5.74, 6) is 0.543. The van der Waals surface area contributed by atoms with Crippen LogP contribution < -0.4 is 0 Å². The molecule has 1 aliphatic heterocycles. The van der Waals surface area contributed by atoms with Gasteiger partial charge in [-0.15, -0.1) is 0 Å². The summed E-state index contributed by atoms with van der Waals surface area (Å²) < 4.78 is 5.29. The topological polar surface area (TPSA) is 29.5 Å². The summed E-state index contributed by atoms with van der Waals surface area (Å²) in [6.07, 6.45) is 2.00. The Morgan fingerprint density at radius 3 is 2.86 bits per heavy atom. The van der Waals surface area contributed by atoms with Crippen LogP contribution in [0, 0.1) is 5.92 Å². The van der Waals surface area contributed by atoms with Gasteiger partial charge in [0.2, 0.25) is 0 Å². The van der Waals surface area contributed by atoms with Crippen LogP contribution in [0.5, 0.6) is 0 Å². The summed E-state index contributed by atoms with van der Waals surface area (Å²) in [6, 6.07) is 0.447. The number of hydrogen-bond acceptors (Lipinski definition) is 3. The molecule has 2 atom stereocenters. The minimum Gasteiger partial charge on any atom is -0.380 e. The second-order valence-corrected chi connectivity index (χ2v) is 4.21. The van der Waals surface area contributed by atoms with E-state index in [1.54, 1.807) is 0 Å². The first-order valence-corrected chi connectivity index (χ1v) is 5.45. The molecule has 0 radical (unpaired) electrons. The molecule has 0 saturated carbocycles. The van der Waals surface area contributed by atoms with Gasteiger partial charge < -0.3 is 4.74 Å². The minimum atomic E-state index is 0.194. The molecule has 3 heteroatoms. The first-order chi connectivity index (χ1) is 6.65. The lowest BCUT2D eigenvalue weighted by molar-refractivity contribution is -0.123. The predicted molar refractivity (Wildman–Crippen MR) is 56.3 cm³/mol. The van der Waals surface area contributed by atoms with Gasteiger partial charge in [-0.1, -0.05) is 13.8 Å². The van der Waals surface area contributed by atoms with Crippen LogP contribution in [0.2, 0.25) is 0 Å². The SMILES string of the molecule is CCC(C)C(=O)CN(C)C1CCOC1. The number of likely N-dealkylation sites (N-methyl/N-ethyl adjacent to an activating group) is 1. The summed E-state index contributed by atoms with van der Waals surface area (Å²) in [7, 11) is 2.01. The summed E-state index contributed by atoms with van der Waals surface area (Å²) in [6.45, 7) is 6.25. The number of carbonyl (C=O) groups is 1. The van der Waals surface area contributed by atoms with Crippen molar-refractivity contribution < 1.29 is 9.53 Å². The average Bonchev–Trinajstić information content (AvgIpc) is 2.69. The van der Waals surface area contributed by atoms with Crippen LogP contribution in [0.1, 0.15) is 26.7 Å². The second-order valence-electron chi connectivity index (χ2n) is 4.21. The number of ketones is 1. The Morgan fingerprint density at radius 2 is 2.36 bits per heavy atom. The van der Waals surface area contributed by atoms with Crippen molar-refractivity contribution in [1.29, 1.82) is 0 Å². The van der Waals surface area contributed by atoms with E-state index in [4.69, 9.17) is 4.74 Å². The molecule has 1 heterocycles. The zero-order valence-corrected chi connectivity index (χ0v) is 9.45. The fourth-order valence-corrected chi connectivity index (χ4v) is 1.63. The fourth-order valence-electron chi connectivity index (χ4n) is 1.63. The Bertz CT molecular complexity index is 188. The minimum absolute atomic E-state index is 0.194. The first kappa shape index (κ1) is 11.7. The smallest absolute Gasteiger partial charge is 0.149 e. The van der Waals surface area contributed by atoms with Crippen molar-refractivity contribution in [3.05, 3.63) is 0 Å². The maximum absolute atomic E-state index is 11.7. The molecule has 0 spiro atoms. The van der Waals surface area contributed by atoms with Crippen LogP contribution in [0.25, 0.3) is 0 Å². The first-order valence-electron chi connectivity index (χ1n) is 5.45. The maximum Gasteiger partial charge on any atom is 0.149 e. The van der Waals surface area contributed by atoms with Crippen molar-refractivity contribution in [2.24, 2.45) is 5.92 Å². The Labute approximate surface area is 86.4 Å². The second kappa shape index (κ2) is 5.47. The van der Waals surface area contributed by atoms with E-state index in [-0.39, 0.29) is 5.92 Å². The number of Topliss-reactive ketones (excluding diaryl/α,β-unsaturated/α-hetero) is 1. The van der Waals surface area contributed by atoms with E-state index < -0.39 is 0 Å². The number of rotatable bonds is 5. The zero-order valence-electron chi connectivity index (χ0n) is 9.45. The lowest BCUT2D eigenvalue weighted by Gasteiger charge is -2.23. The predicted octanol–water partition coefficient (Wildman–Crippen LogP) is 1.32. The molecule has 0 N–H and O–H groups in total. The molecule has 0 aromatic carbocycles. The van der Waals surface area contributed by atoms with Gasteiger partial charge in [-0.3, -0.25) is 9.69 Å². The highest BCUT2D eigenvalue weighted by Gasteiger charge is 2.23. The van der Waals surface area contributed by atoms with Crippen molar-refractivity contribution in [2.75, 3.05) is 26.8 Å². The molecule has 0 aromatic rings. The van der Waals surface area contributed by atoms with Crippen LogP contribution in [0.3, 0.4) is 0 Å². The monoisotopic (exact) mass is 199 g/mol. The normalized spacial score (nSPS) is 24.1. The average molecular weight is 199 g/mol. The quantitative estimate of drug-likeness (QED) is 0.669. The van der Waals surface area contributed by atoms with Crippen molar-refractivity contribution in [3.63, 3.8) is 0 Å². The number of ether oxygens (including phenoxy) is 1. The molecule has 1 saturated heterocycles. The molecule has 1 rings (SSSR count). The van der Waals surface area contributed by atoms with Crippen molar-refractivity contribution in [3.8, 4) is 0 Å². The van der Waals surface area contributed by atoms with Gasteiger partial charge in [-0.25, -0.2) is 0 Å². The molecule has 0 bridgehead atoms. The summed E-state index contributed by atoms with van der Waals surface area (Å²) in [5, 5.41) is 0. The van der Waals surface area contributed by atoms with E-state index in [1.165, 1.54) is 0 Å². The van der Waals surface area contributed by atoms with Gasteiger partial charge in [0.25, 0.3) is 0 Å². The summed E-state index contributed by atoms with van der Waals surface area (Å²) >= 11 is 0. The number of carbonyl (C=O) groups excluding carboxylic acids is 1. The van der Waals surface area contributed by atoms with Gasteiger partial charge in [0, 0.05) is 18.6 Å². The van der Waals surface area contributed by atoms with Crippen LogP contribution in [-0.4, -0.2) is 43.5 Å². The molecular weight excluding hydrogens is 178 g/mol. The zero-order chi connectivity index (χ0) is 10.6. The molecule has 1 aliphatic rings. The third-order valence-electron chi connectivity index (χ3n) is 3.10.